The Morgan fingerprint density at radius 2 is 1.92 bits per heavy atom. The van der Waals surface area contributed by atoms with E-state index in [2.05, 4.69) is 10.6 Å². The van der Waals surface area contributed by atoms with Crippen LogP contribution >= 0.6 is 11.6 Å². The summed E-state index contributed by atoms with van der Waals surface area (Å²) in [4.78, 5) is 24.0. The molecule has 0 saturated heterocycles. The number of nitrogens with one attached hydrogen (secondary N) is 2. The Hall–Kier alpha value is -2.57. The van der Waals surface area contributed by atoms with E-state index in [1.165, 1.54) is 0 Å². The van der Waals surface area contributed by atoms with E-state index >= 15 is 0 Å². The third-order valence-corrected chi connectivity index (χ3v) is 3.25. The number of hydrogen-bond acceptors (Lipinski definition) is 5. The van der Waals surface area contributed by atoms with Gasteiger partial charge in [-0.05, 0) is 30.3 Å². The molecule has 2 rings (SSSR count). The van der Waals surface area contributed by atoms with Crippen LogP contribution in [0.4, 0.5) is 11.4 Å². The molecule has 0 unspecified atom stereocenters. The Bertz CT molecular complexity index is 721. The molecule has 0 aliphatic rings. The van der Waals surface area contributed by atoms with Crippen molar-refractivity contribution in [3.05, 3.63) is 59.1 Å². The van der Waals surface area contributed by atoms with Crippen LogP contribution in [-0.4, -0.2) is 36.7 Å². The molecular formula is C17H17ClN2O4. The van der Waals surface area contributed by atoms with Crippen molar-refractivity contribution in [1.82, 2.24) is 0 Å². The molecule has 6 nitrogen and oxygen atoms in total. The van der Waals surface area contributed by atoms with Gasteiger partial charge in [-0.3, -0.25) is 4.79 Å². The zero-order valence-electron chi connectivity index (χ0n) is 12.8. The minimum absolute atomic E-state index is 0.0641. The molecule has 0 radical (unpaired) electrons. The lowest BCUT2D eigenvalue weighted by Gasteiger charge is -2.11. The number of carbonyl (C=O) groups excluding carboxylic acids is 2. The Kier molecular flexibility index (Phi) is 6.60. The van der Waals surface area contributed by atoms with Crippen LogP contribution in [-0.2, 0) is 9.53 Å². The van der Waals surface area contributed by atoms with Gasteiger partial charge in [-0.1, -0.05) is 29.8 Å². The summed E-state index contributed by atoms with van der Waals surface area (Å²) >= 11 is 5.83. The van der Waals surface area contributed by atoms with Crippen molar-refractivity contribution in [2.24, 2.45) is 0 Å². The molecule has 0 spiro atoms. The van der Waals surface area contributed by atoms with Crippen molar-refractivity contribution in [3.8, 4) is 0 Å². The van der Waals surface area contributed by atoms with Gasteiger partial charge in [0.25, 0.3) is 5.91 Å². The molecule has 0 aromatic heterocycles. The molecule has 0 aliphatic carbocycles. The molecular weight excluding hydrogens is 332 g/mol. The maximum atomic E-state index is 12.1. The molecule has 0 heterocycles. The Morgan fingerprint density at radius 3 is 2.67 bits per heavy atom. The lowest BCUT2D eigenvalue weighted by Crippen LogP contribution is -2.21. The van der Waals surface area contributed by atoms with Crippen LogP contribution in [0.3, 0.4) is 0 Å². The highest BCUT2D eigenvalue weighted by molar-refractivity contribution is 6.30. The van der Waals surface area contributed by atoms with Gasteiger partial charge >= 0.3 is 5.97 Å². The smallest absolute Gasteiger partial charge is 0.340 e. The quantitative estimate of drug-likeness (QED) is 0.669. The van der Waals surface area contributed by atoms with E-state index in [0.29, 0.717) is 28.5 Å². The number of hydrogen-bond donors (Lipinski definition) is 3. The molecule has 0 saturated carbocycles. The number of benzene rings is 2. The molecule has 0 atom stereocenters. The first kappa shape index (κ1) is 17.8. The summed E-state index contributed by atoms with van der Waals surface area (Å²) in [6.07, 6.45) is 0. The summed E-state index contributed by atoms with van der Waals surface area (Å²) in [5.41, 5.74) is 1.35. The SMILES string of the molecule is O=C(COC(=O)c1ccccc1NCCO)Nc1cccc(Cl)c1. The molecule has 126 valence electrons. The molecule has 24 heavy (non-hydrogen) atoms. The maximum Gasteiger partial charge on any atom is 0.340 e. The second-order valence-corrected chi connectivity index (χ2v) is 5.27. The van der Waals surface area contributed by atoms with E-state index in [1.807, 2.05) is 0 Å². The molecule has 0 fully saturated rings. The molecule has 0 bridgehead atoms. The van der Waals surface area contributed by atoms with Crippen LogP contribution in [0.15, 0.2) is 48.5 Å². The number of halogens is 1. The standard InChI is InChI=1S/C17H17ClN2O4/c18-12-4-3-5-13(10-12)20-16(22)11-24-17(23)14-6-1-2-7-15(14)19-8-9-21/h1-7,10,19,21H,8-9,11H2,(H,20,22). The third-order valence-electron chi connectivity index (χ3n) is 3.02. The van der Waals surface area contributed by atoms with E-state index in [1.54, 1.807) is 48.5 Å². The van der Waals surface area contributed by atoms with Gasteiger partial charge in [0.2, 0.25) is 0 Å². The van der Waals surface area contributed by atoms with Crippen LogP contribution in [0.2, 0.25) is 5.02 Å². The second-order valence-electron chi connectivity index (χ2n) is 4.83. The van der Waals surface area contributed by atoms with Crippen LogP contribution in [0.5, 0.6) is 0 Å². The molecule has 1 amide bonds. The second kappa shape index (κ2) is 8.90. The van der Waals surface area contributed by atoms with E-state index in [9.17, 15) is 9.59 Å². The lowest BCUT2D eigenvalue weighted by molar-refractivity contribution is -0.119. The van der Waals surface area contributed by atoms with Crippen molar-refractivity contribution in [2.45, 2.75) is 0 Å². The van der Waals surface area contributed by atoms with E-state index in [4.69, 9.17) is 21.4 Å². The number of aliphatic hydroxyl groups excluding tert-OH is 1. The predicted octanol–water partition coefficient (Wildman–Crippen LogP) is 2.54. The summed E-state index contributed by atoms with van der Waals surface area (Å²) in [7, 11) is 0. The number of amides is 1. The van der Waals surface area contributed by atoms with Crippen molar-refractivity contribution in [3.63, 3.8) is 0 Å². The summed E-state index contributed by atoms with van der Waals surface area (Å²) in [6.45, 7) is -0.176. The summed E-state index contributed by atoms with van der Waals surface area (Å²) in [6, 6.07) is 13.4. The minimum Gasteiger partial charge on any atom is -0.452 e. The van der Waals surface area contributed by atoms with Gasteiger partial charge in [-0.15, -0.1) is 0 Å². The van der Waals surface area contributed by atoms with Crippen LogP contribution in [0.25, 0.3) is 0 Å². The van der Waals surface area contributed by atoms with Crippen molar-refractivity contribution in [1.29, 1.82) is 0 Å². The molecule has 7 heteroatoms. The summed E-state index contributed by atoms with van der Waals surface area (Å²) in [5, 5.41) is 14.8. The summed E-state index contributed by atoms with van der Waals surface area (Å²) in [5.74, 6) is -1.09. The highest BCUT2D eigenvalue weighted by Gasteiger charge is 2.14. The summed E-state index contributed by atoms with van der Waals surface area (Å²) < 4.78 is 5.03. The van der Waals surface area contributed by atoms with Gasteiger partial charge in [0.15, 0.2) is 6.61 Å². The van der Waals surface area contributed by atoms with Crippen molar-refractivity contribution >= 4 is 34.9 Å². The fourth-order valence-electron chi connectivity index (χ4n) is 1.98. The van der Waals surface area contributed by atoms with Gasteiger partial charge in [0.05, 0.1) is 12.2 Å². The van der Waals surface area contributed by atoms with Gasteiger partial charge in [0.1, 0.15) is 0 Å². The van der Waals surface area contributed by atoms with Gasteiger partial charge < -0.3 is 20.5 Å². The Labute approximate surface area is 144 Å². The minimum atomic E-state index is -0.628. The largest absolute Gasteiger partial charge is 0.452 e. The fourth-order valence-corrected chi connectivity index (χ4v) is 2.17. The zero-order chi connectivity index (χ0) is 17.4. The zero-order valence-corrected chi connectivity index (χ0v) is 13.5. The Balaban J connectivity index is 1.92. The number of aliphatic hydroxyl groups is 1. The first-order valence-electron chi connectivity index (χ1n) is 7.26. The highest BCUT2D eigenvalue weighted by Crippen LogP contribution is 2.17. The lowest BCUT2D eigenvalue weighted by atomic mass is 10.2. The van der Waals surface area contributed by atoms with Gasteiger partial charge in [-0.25, -0.2) is 4.79 Å². The normalized spacial score (nSPS) is 10.1. The van der Waals surface area contributed by atoms with E-state index < -0.39 is 18.5 Å². The number of carbonyl (C=O) groups is 2. The third kappa shape index (κ3) is 5.26. The highest BCUT2D eigenvalue weighted by atomic mass is 35.5. The first-order valence-corrected chi connectivity index (χ1v) is 7.64. The van der Waals surface area contributed by atoms with Gasteiger partial charge in [-0.2, -0.15) is 0 Å². The van der Waals surface area contributed by atoms with Crippen molar-refractivity contribution in [2.75, 3.05) is 30.4 Å². The Morgan fingerprint density at radius 1 is 1.12 bits per heavy atom. The van der Waals surface area contributed by atoms with Gasteiger partial charge in [0, 0.05) is 22.9 Å². The fraction of sp³-hybridized carbons (Fsp3) is 0.176. The number of ether oxygens (including phenoxy) is 1. The molecule has 0 aliphatic heterocycles. The van der Waals surface area contributed by atoms with Crippen LogP contribution in [0, 0.1) is 0 Å². The number of esters is 1. The number of para-hydroxylation sites is 1. The first-order chi connectivity index (χ1) is 11.6. The predicted molar refractivity (Wildman–Crippen MR) is 92.4 cm³/mol. The average Bonchev–Trinajstić information content (AvgIpc) is 2.58. The van der Waals surface area contributed by atoms with Crippen molar-refractivity contribution < 1.29 is 19.4 Å². The topological polar surface area (TPSA) is 87.7 Å². The van der Waals surface area contributed by atoms with Crippen LogP contribution in [0.1, 0.15) is 10.4 Å². The molecule has 3 N–H and O–H groups in total. The molecule has 2 aromatic rings. The number of rotatable bonds is 7. The average molecular weight is 349 g/mol. The molecule has 2 aromatic carbocycles. The number of anilines is 2. The van der Waals surface area contributed by atoms with E-state index in [-0.39, 0.29) is 6.61 Å². The van der Waals surface area contributed by atoms with Crippen LogP contribution < -0.4 is 10.6 Å². The monoisotopic (exact) mass is 348 g/mol. The van der Waals surface area contributed by atoms with E-state index in [0.717, 1.165) is 0 Å². The maximum absolute atomic E-state index is 12.1.